The summed E-state index contributed by atoms with van der Waals surface area (Å²) in [4.78, 5) is 20.3. The number of aryl methyl sites for hydroxylation is 3. The van der Waals surface area contributed by atoms with Gasteiger partial charge >= 0.3 is 0 Å². The van der Waals surface area contributed by atoms with Crippen LogP contribution in [0.4, 0.5) is 0 Å². The Hall–Kier alpha value is -2.23. The normalized spacial score (nSPS) is 10.3. The molecule has 0 atom stereocenters. The molecule has 0 unspecified atom stereocenters. The molecule has 0 spiro atoms. The van der Waals surface area contributed by atoms with Crippen molar-refractivity contribution < 1.29 is 4.79 Å². The predicted octanol–water partition coefficient (Wildman–Crippen LogP) is 2.33. The summed E-state index contributed by atoms with van der Waals surface area (Å²) >= 11 is 0. The molecular formula is C15H17N3O. The fourth-order valence-corrected chi connectivity index (χ4v) is 1.76. The average Bonchev–Trinajstić information content (AvgIpc) is 2.39. The van der Waals surface area contributed by atoms with Gasteiger partial charge in [0.1, 0.15) is 5.82 Å². The minimum atomic E-state index is -0.0839. The van der Waals surface area contributed by atoms with Crippen LogP contribution in [0.3, 0.4) is 0 Å². The van der Waals surface area contributed by atoms with E-state index in [0.717, 1.165) is 11.3 Å². The maximum atomic E-state index is 12.0. The number of nitrogens with one attached hydrogen (secondary N) is 1. The minimum Gasteiger partial charge on any atom is -0.346 e. The molecule has 1 aromatic carbocycles. The van der Waals surface area contributed by atoms with Gasteiger partial charge in [0.05, 0.1) is 12.2 Å². The monoisotopic (exact) mass is 255 g/mol. The van der Waals surface area contributed by atoms with Crippen LogP contribution in [0.1, 0.15) is 33.0 Å². The number of rotatable bonds is 3. The summed E-state index contributed by atoms with van der Waals surface area (Å²) in [7, 11) is 0. The van der Waals surface area contributed by atoms with Gasteiger partial charge in [0.2, 0.25) is 0 Å². The minimum absolute atomic E-state index is 0.0839. The third-order valence-corrected chi connectivity index (χ3v) is 3.03. The number of amides is 1. The van der Waals surface area contributed by atoms with E-state index in [9.17, 15) is 4.79 Å². The number of carbonyl (C=O) groups excluding carboxylic acids is 1. The zero-order valence-electron chi connectivity index (χ0n) is 11.4. The molecule has 0 saturated heterocycles. The van der Waals surface area contributed by atoms with Crippen molar-refractivity contribution in [3.63, 3.8) is 0 Å². The van der Waals surface area contributed by atoms with Crippen molar-refractivity contribution in [1.29, 1.82) is 0 Å². The van der Waals surface area contributed by atoms with Gasteiger partial charge in [-0.25, -0.2) is 9.97 Å². The smallest absolute Gasteiger partial charge is 0.251 e. The third kappa shape index (κ3) is 3.37. The molecule has 0 bridgehead atoms. The summed E-state index contributed by atoms with van der Waals surface area (Å²) in [5.74, 6) is 0.622. The van der Waals surface area contributed by atoms with E-state index in [4.69, 9.17) is 0 Å². The first-order valence-corrected chi connectivity index (χ1v) is 6.20. The Labute approximate surface area is 112 Å². The van der Waals surface area contributed by atoms with Crippen molar-refractivity contribution in [3.8, 4) is 0 Å². The first-order valence-electron chi connectivity index (χ1n) is 6.20. The Bertz CT molecular complexity index is 608. The highest BCUT2D eigenvalue weighted by Gasteiger charge is 2.06. The molecule has 2 aromatic rings. The van der Waals surface area contributed by atoms with Gasteiger partial charge in [-0.05, 0) is 50.1 Å². The van der Waals surface area contributed by atoms with Crippen LogP contribution < -0.4 is 5.32 Å². The molecule has 4 nitrogen and oxygen atoms in total. The van der Waals surface area contributed by atoms with Crippen LogP contribution in [-0.2, 0) is 6.54 Å². The van der Waals surface area contributed by atoms with Crippen molar-refractivity contribution in [2.24, 2.45) is 0 Å². The van der Waals surface area contributed by atoms with E-state index in [2.05, 4.69) is 15.3 Å². The summed E-state index contributed by atoms with van der Waals surface area (Å²) < 4.78 is 0. The first kappa shape index (κ1) is 13.2. The molecule has 0 aliphatic carbocycles. The van der Waals surface area contributed by atoms with Gasteiger partial charge < -0.3 is 5.32 Å². The van der Waals surface area contributed by atoms with E-state index in [1.54, 1.807) is 12.3 Å². The number of aromatic nitrogens is 2. The van der Waals surface area contributed by atoms with Crippen LogP contribution in [0.2, 0.25) is 0 Å². The largest absolute Gasteiger partial charge is 0.346 e. The fraction of sp³-hybridized carbons (Fsp3) is 0.267. The van der Waals surface area contributed by atoms with E-state index >= 15 is 0 Å². The van der Waals surface area contributed by atoms with Crippen molar-refractivity contribution in [1.82, 2.24) is 15.3 Å². The zero-order chi connectivity index (χ0) is 13.8. The van der Waals surface area contributed by atoms with Crippen LogP contribution in [0.25, 0.3) is 0 Å². The van der Waals surface area contributed by atoms with E-state index in [1.165, 1.54) is 5.56 Å². The molecule has 0 saturated carbocycles. The van der Waals surface area contributed by atoms with Gasteiger partial charge in [0, 0.05) is 11.8 Å². The fourth-order valence-electron chi connectivity index (χ4n) is 1.76. The Morgan fingerprint density at radius 3 is 2.63 bits per heavy atom. The van der Waals surface area contributed by atoms with Crippen LogP contribution >= 0.6 is 0 Å². The Balaban J connectivity index is 2.03. The number of benzene rings is 1. The number of hydrogen-bond acceptors (Lipinski definition) is 3. The molecule has 1 aromatic heterocycles. The lowest BCUT2D eigenvalue weighted by molar-refractivity contribution is 0.0950. The van der Waals surface area contributed by atoms with Crippen LogP contribution in [0.5, 0.6) is 0 Å². The molecule has 0 fully saturated rings. The second-order valence-electron chi connectivity index (χ2n) is 4.58. The van der Waals surface area contributed by atoms with Gasteiger partial charge in [-0.1, -0.05) is 6.07 Å². The lowest BCUT2D eigenvalue weighted by Crippen LogP contribution is -2.23. The number of carbonyl (C=O) groups is 1. The topological polar surface area (TPSA) is 54.9 Å². The summed E-state index contributed by atoms with van der Waals surface area (Å²) in [6.45, 7) is 6.27. The lowest BCUT2D eigenvalue weighted by Gasteiger charge is -2.07. The molecule has 1 N–H and O–H groups in total. The molecule has 1 heterocycles. The molecule has 19 heavy (non-hydrogen) atoms. The van der Waals surface area contributed by atoms with E-state index in [1.807, 2.05) is 39.0 Å². The summed E-state index contributed by atoms with van der Waals surface area (Å²) in [6, 6.07) is 7.49. The molecule has 2 rings (SSSR count). The third-order valence-electron chi connectivity index (χ3n) is 3.03. The van der Waals surface area contributed by atoms with Crippen LogP contribution in [0.15, 0.2) is 30.5 Å². The SMILES string of the molecule is Cc1nccc(CNC(=O)c2ccc(C)c(C)c2)n1. The van der Waals surface area contributed by atoms with E-state index < -0.39 is 0 Å². The standard InChI is InChI=1S/C15H17N3O/c1-10-4-5-13(8-11(10)2)15(19)17-9-14-6-7-16-12(3)18-14/h4-8H,9H2,1-3H3,(H,17,19). The van der Waals surface area contributed by atoms with Gasteiger partial charge in [-0.2, -0.15) is 0 Å². The summed E-state index contributed by atoms with van der Waals surface area (Å²) in [5.41, 5.74) is 3.78. The highest BCUT2D eigenvalue weighted by atomic mass is 16.1. The van der Waals surface area contributed by atoms with Gasteiger partial charge in [0.15, 0.2) is 0 Å². The number of hydrogen-bond donors (Lipinski definition) is 1. The Morgan fingerprint density at radius 1 is 1.16 bits per heavy atom. The molecular weight excluding hydrogens is 238 g/mol. The maximum absolute atomic E-state index is 12.0. The van der Waals surface area contributed by atoms with Gasteiger partial charge in [0.25, 0.3) is 5.91 Å². The molecule has 0 aliphatic heterocycles. The zero-order valence-corrected chi connectivity index (χ0v) is 11.4. The summed E-state index contributed by atoms with van der Waals surface area (Å²) in [5, 5.41) is 2.86. The second-order valence-corrected chi connectivity index (χ2v) is 4.58. The molecule has 98 valence electrons. The molecule has 4 heteroatoms. The van der Waals surface area contributed by atoms with Gasteiger partial charge in [-0.3, -0.25) is 4.79 Å². The van der Waals surface area contributed by atoms with Gasteiger partial charge in [-0.15, -0.1) is 0 Å². The predicted molar refractivity (Wildman–Crippen MR) is 73.9 cm³/mol. The molecule has 0 radical (unpaired) electrons. The average molecular weight is 255 g/mol. The van der Waals surface area contributed by atoms with Crippen molar-refractivity contribution in [2.75, 3.05) is 0 Å². The van der Waals surface area contributed by atoms with Crippen molar-refractivity contribution >= 4 is 5.91 Å². The Morgan fingerprint density at radius 2 is 1.95 bits per heavy atom. The van der Waals surface area contributed by atoms with E-state index in [0.29, 0.717) is 17.9 Å². The highest BCUT2D eigenvalue weighted by molar-refractivity contribution is 5.94. The molecule has 1 amide bonds. The van der Waals surface area contributed by atoms with Crippen molar-refractivity contribution in [3.05, 3.63) is 58.7 Å². The Kier molecular flexibility index (Phi) is 3.90. The van der Waals surface area contributed by atoms with Crippen LogP contribution in [-0.4, -0.2) is 15.9 Å². The number of nitrogens with zero attached hydrogens (tertiary/aromatic N) is 2. The maximum Gasteiger partial charge on any atom is 0.251 e. The van der Waals surface area contributed by atoms with Crippen molar-refractivity contribution in [2.45, 2.75) is 27.3 Å². The first-order chi connectivity index (χ1) is 9.06. The second kappa shape index (κ2) is 5.61. The van der Waals surface area contributed by atoms with E-state index in [-0.39, 0.29) is 5.91 Å². The lowest BCUT2D eigenvalue weighted by atomic mass is 10.1. The highest BCUT2D eigenvalue weighted by Crippen LogP contribution is 2.09. The summed E-state index contributed by atoms with van der Waals surface area (Å²) in [6.07, 6.45) is 1.69. The molecule has 0 aliphatic rings. The quantitative estimate of drug-likeness (QED) is 0.915. The van der Waals surface area contributed by atoms with Crippen LogP contribution in [0, 0.1) is 20.8 Å².